The van der Waals surface area contributed by atoms with Crippen molar-refractivity contribution in [1.29, 1.82) is 0 Å². The molecule has 1 N–H and O–H groups in total. The van der Waals surface area contributed by atoms with E-state index in [0.29, 0.717) is 0 Å². The molecule has 1 aromatic heterocycles. The number of nitrogens with zero attached hydrogens (tertiary/aromatic N) is 2. The molecule has 0 saturated carbocycles. The van der Waals surface area contributed by atoms with Crippen molar-refractivity contribution in [3.8, 4) is 0 Å². The first-order valence-corrected chi connectivity index (χ1v) is 7.64. The van der Waals surface area contributed by atoms with Crippen molar-refractivity contribution in [2.75, 3.05) is 5.32 Å². The summed E-state index contributed by atoms with van der Waals surface area (Å²) in [6, 6.07) is 10.1. The van der Waals surface area contributed by atoms with E-state index in [1.54, 1.807) is 4.68 Å². The molecule has 3 rings (SSSR count). The molecule has 0 spiro atoms. The molecule has 0 bridgehead atoms. The van der Waals surface area contributed by atoms with E-state index in [1.165, 1.54) is 0 Å². The molecule has 0 fully saturated rings. The largest absolute Gasteiger partial charge is 0.310 e. The van der Waals surface area contributed by atoms with Crippen molar-refractivity contribution in [3.63, 3.8) is 0 Å². The standard InChI is InChI=1S/C18H21N3O/c1-5-14-12(3)20-21(4)17(14)19-18(22)16-11(2)15(16)13-9-7-6-8-10-13/h6-10,16H,5H2,1-4H3,(H,19,22). The van der Waals surface area contributed by atoms with Crippen LogP contribution in [0.3, 0.4) is 0 Å². The molecule has 1 heterocycles. The van der Waals surface area contributed by atoms with Crippen molar-refractivity contribution in [2.24, 2.45) is 13.0 Å². The van der Waals surface area contributed by atoms with Gasteiger partial charge in [-0.3, -0.25) is 9.48 Å². The van der Waals surface area contributed by atoms with E-state index in [9.17, 15) is 4.79 Å². The molecule has 1 amide bonds. The van der Waals surface area contributed by atoms with Crippen LogP contribution in [0, 0.1) is 12.8 Å². The highest BCUT2D eigenvalue weighted by atomic mass is 16.2. The summed E-state index contributed by atoms with van der Waals surface area (Å²) in [5.41, 5.74) is 5.52. The summed E-state index contributed by atoms with van der Waals surface area (Å²) in [7, 11) is 1.87. The van der Waals surface area contributed by atoms with Gasteiger partial charge in [-0.15, -0.1) is 0 Å². The van der Waals surface area contributed by atoms with E-state index >= 15 is 0 Å². The molecule has 1 unspecified atom stereocenters. The molecule has 1 atom stereocenters. The molecule has 1 aromatic carbocycles. The van der Waals surface area contributed by atoms with E-state index in [0.717, 1.165) is 40.2 Å². The summed E-state index contributed by atoms with van der Waals surface area (Å²) in [5, 5.41) is 7.46. The number of anilines is 1. The van der Waals surface area contributed by atoms with Crippen LogP contribution in [0.2, 0.25) is 0 Å². The van der Waals surface area contributed by atoms with Gasteiger partial charge in [-0.25, -0.2) is 0 Å². The molecular weight excluding hydrogens is 274 g/mol. The first-order chi connectivity index (χ1) is 10.5. The number of benzene rings is 1. The number of rotatable bonds is 4. The molecule has 114 valence electrons. The van der Waals surface area contributed by atoms with E-state index < -0.39 is 0 Å². The summed E-state index contributed by atoms with van der Waals surface area (Å²) in [6.45, 7) is 6.09. The number of hydrogen-bond acceptors (Lipinski definition) is 2. The fourth-order valence-electron chi connectivity index (χ4n) is 3.14. The Labute approximate surface area is 130 Å². The second-order valence-electron chi connectivity index (χ2n) is 5.77. The van der Waals surface area contributed by atoms with Gasteiger partial charge in [0.15, 0.2) is 0 Å². The predicted molar refractivity (Wildman–Crippen MR) is 88.5 cm³/mol. The van der Waals surface area contributed by atoms with Crippen molar-refractivity contribution < 1.29 is 4.79 Å². The van der Waals surface area contributed by atoms with E-state index in [4.69, 9.17) is 0 Å². The Hall–Kier alpha value is -2.36. The van der Waals surface area contributed by atoms with Crippen molar-refractivity contribution in [3.05, 3.63) is 52.7 Å². The van der Waals surface area contributed by atoms with Crippen LogP contribution in [0.1, 0.15) is 30.7 Å². The number of hydrogen-bond donors (Lipinski definition) is 1. The third kappa shape index (κ3) is 2.34. The lowest BCUT2D eigenvalue weighted by Crippen LogP contribution is -2.19. The van der Waals surface area contributed by atoms with E-state index in [-0.39, 0.29) is 11.8 Å². The van der Waals surface area contributed by atoms with Gasteiger partial charge in [0.05, 0.1) is 11.6 Å². The van der Waals surface area contributed by atoms with Gasteiger partial charge in [-0.05, 0) is 31.4 Å². The van der Waals surface area contributed by atoms with Crippen LogP contribution in [0.15, 0.2) is 35.9 Å². The Bertz CT molecular complexity index is 756. The van der Waals surface area contributed by atoms with Gasteiger partial charge in [-0.1, -0.05) is 42.8 Å². The Balaban J connectivity index is 1.78. The molecule has 4 heteroatoms. The fourth-order valence-corrected chi connectivity index (χ4v) is 3.14. The number of nitrogens with one attached hydrogen (secondary N) is 1. The summed E-state index contributed by atoms with van der Waals surface area (Å²) in [6.07, 6.45) is 0.859. The molecule has 4 nitrogen and oxygen atoms in total. The lowest BCUT2D eigenvalue weighted by molar-refractivity contribution is -0.116. The average molecular weight is 295 g/mol. The zero-order chi connectivity index (χ0) is 15.9. The molecule has 0 aliphatic heterocycles. The topological polar surface area (TPSA) is 46.9 Å². The fraction of sp³-hybridized carbons (Fsp3) is 0.333. The Kier molecular flexibility index (Phi) is 3.61. The van der Waals surface area contributed by atoms with Gasteiger partial charge in [-0.2, -0.15) is 5.10 Å². The highest BCUT2D eigenvalue weighted by molar-refractivity contribution is 6.11. The monoisotopic (exact) mass is 295 g/mol. The van der Waals surface area contributed by atoms with Gasteiger partial charge in [0, 0.05) is 12.6 Å². The molecule has 1 aliphatic rings. The lowest BCUT2D eigenvalue weighted by atomic mass is 10.1. The maximum absolute atomic E-state index is 12.6. The Morgan fingerprint density at radius 2 is 1.95 bits per heavy atom. The second kappa shape index (κ2) is 5.44. The normalized spacial score (nSPS) is 16.8. The highest BCUT2D eigenvalue weighted by Gasteiger charge is 2.40. The Morgan fingerprint density at radius 1 is 1.27 bits per heavy atom. The van der Waals surface area contributed by atoms with Crippen molar-refractivity contribution >= 4 is 17.3 Å². The van der Waals surface area contributed by atoms with Crippen LogP contribution in [0.25, 0.3) is 5.57 Å². The van der Waals surface area contributed by atoms with Crippen molar-refractivity contribution in [1.82, 2.24) is 9.78 Å². The van der Waals surface area contributed by atoms with Gasteiger partial charge in [0.2, 0.25) is 5.91 Å². The SMILES string of the molecule is CCc1c(C)nn(C)c1NC(=O)C1C(C)=C1c1ccccc1. The third-order valence-corrected chi connectivity index (χ3v) is 4.35. The van der Waals surface area contributed by atoms with E-state index in [1.807, 2.05) is 39.1 Å². The number of aromatic nitrogens is 2. The molecule has 2 aromatic rings. The minimum Gasteiger partial charge on any atom is -0.310 e. The van der Waals surface area contributed by atoms with Crippen LogP contribution in [0.4, 0.5) is 5.82 Å². The van der Waals surface area contributed by atoms with Crippen LogP contribution >= 0.6 is 0 Å². The van der Waals surface area contributed by atoms with Crippen LogP contribution < -0.4 is 5.32 Å². The predicted octanol–water partition coefficient (Wildman–Crippen LogP) is 3.33. The van der Waals surface area contributed by atoms with Gasteiger partial charge >= 0.3 is 0 Å². The van der Waals surface area contributed by atoms with Gasteiger partial charge in [0.25, 0.3) is 0 Å². The molecule has 22 heavy (non-hydrogen) atoms. The third-order valence-electron chi connectivity index (χ3n) is 4.35. The number of amides is 1. The van der Waals surface area contributed by atoms with Crippen molar-refractivity contribution in [2.45, 2.75) is 27.2 Å². The second-order valence-corrected chi connectivity index (χ2v) is 5.77. The first kappa shape index (κ1) is 14.6. The zero-order valence-electron chi connectivity index (χ0n) is 13.5. The van der Waals surface area contributed by atoms with Gasteiger partial charge in [0.1, 0.15) is 5.82 Å². The molecular formula is C18H21N3O. The summed E-state index contributed by atoms with van der Waals surface area (Å²) in [4.78, 5) is 12.6. The van der Waals surface area contributed by atoms with Crippen LogP contribution in [-0.2, 0) is 18.3 Å². The number of aryl methyl sites for hydroxylation is 2. The minimum atomic E-state index is -0.109. The Morgan fingerprint density at radius 3 is 2.59 bits per heavy atom. The van der Waals surface area contributed by atoms with Crippen LogP contribution in [-0.4, -0.2) is 15.7 Å². The summed E-state index contributed by atoms with van der Waals surface area (Å²) in [5.74, 6) is 0.744. The molecule has 0 saturated heterocycles. The summed E-state index contributed by atoms with van der Waals surface area (Å²) < 4.78 is 1.76. The van der Waals surface area contributed by atoms with Gasteiger partial charge < -0.3 is 5.32 Å². The quantitative estimate of drug-likeness (QED) is 0.940. The smallest absolute Gasteiger partial charge is 0.237 e. The first-order valence-electron chi connectivity index (χ1n) is 7.64. The lowest BCUT2D eigenvalue weighted by Gasteiger charge is -2.08. The number of carbonyl (C=O) groups is 1. The molecule has 1 aliphatic carbocycles. The minimum absolute atomic E-state index is 0.0362. The molecule has 0 radical (unpaired) electrons. The zero-order valence-corrected chi connectivity index (χ0v) is 13.5. The maximum Gasteiger partial charge on any atom is 0.237 e. The van der Waals surface area contributed by atoms with Crippen LogP contribution in [0.5, 0.6) is 0 Å². The number of carbonyl (C=O) groups excluding carboxylic acids is 1. The average Bonchev–Trinajstić information content (AvgIpc) is 3.10. The maximum atomic E-state index is 12.6. The van der Waals surface area contributed by atoms with E-state index in [2.05, 4.69) is 29.5 Å². The summed E-state index contributed by atoms with van der Waals surface area (Å²) >= 11 is 0. The highest BCUT2D eigenvalue weighted by Crippen LogP contribution is 2.47.